The third-order valence-electron chi connectivity index (χ3n) is 2.41. The van der Waals surface area contributed by atoms with Gasteiger partial charge in [-0.05, 0) is 18.8 Å². The van der Waals surface area contributed by atoms with Crippen LogP contribution in [0, 0.1) is 5.92 Å². The summed E-state index contributed by atoms with van der Waals surface area (Å²) in [6.07, 6.45) is 4.25. The van der Waals surface area contributed by atoms with E-state index in [1.54, 1.807) is 13.3 Å². The van der Waals surface area contributed by atoms with E-state index in [4.69, 9.17) is 4.52 Å². The van der Waals surface area contributed by atoms with E-state index in [9.17, 15) is 0 Å². The first-order valence-corrected chi connectivity index (χ1v) is 5.22. The van der Waals surface area contributed by atoms with Crippen molar-refractivity contribution in [3.63, 3.8) is 0 Å². The Kier molecular flexibility index (Phi) is 3.22. The zero-order valence-electron chi connectivity index (χ0n) is 8.86. The largest absolute Gasteiger partial charge is 0.364 e. The van der Waals surface area contributed by atoms with Crippen LogP contribution in [-0.2, 0) is 6.54 Å². The lowest BCUT2D eigenvalue weighted by Gasteiger charge is -2.09. The van der Waals surface area contributed by atoms with Gasteiger partial charge in [0.25, 0.3) is 0 Å². The molecule has 0 spiro atoms. The SMILES string of the molecule is CN=C(NCc1ccon1)NCC1CC1. The maximum absolute atomic E-state index is 4.74. The fourth-order valence-corrected chi connectivity index (χ4v) is 1.29. The average Bonchev–Trinajstić information content (AvgIpc) is 2.94. The molecule has 1 fully saturated rings. The number of aliphatic imine (C=N–C) groups is 1. The summed E-state index contributed by atoms with van der Waals surface area (Å²) >= 11 is 0. The molecule has 0 atom stereocenters. The van der Waals surface area contributed by atoms with Crippen molar-refractivity contribution in [3.8, 4) is 0 Å². The summed E-state index contributed by atoms with van der Waals surface area (Å²) in [5.41, 5.74) is 0.879. The third-order valence-corrected chi connectivity index (χ3v) is 2.41. The van der Waals surface area contributed by atoms with Gasteiger partial charge in [0.15, 0.2) is 5.96 Å². The summed E-state index contributed by atoms with van der Waals surface area (Å²) in [7, 11) is 1.77. The van der Waals surface area contributed by atoms with Gasteiger partial charge in [0, 0.05) is 19.7 Å². The molecule has 82 valence electrons. The highest BCUT2D eigenvalue weighted by Crippen LogP contribution is 2.27. The Morgan fingerprint density at radius 3 is 3.07 bits per heavy atom. The van der Waals surface area contributed by atoms with Crippen LogP contribution in [0.5, 0.6) is 0 Å². The van der Waals surface area contributed by atoms with Gasteiger partial charge < -0.3 is 15.2 Å². The van der Waals surface area contributed by atoms with E-state index in [2.05, 4.69) is 20.8 Å². The molecule has 0 aliphatic heterocycles. The minimum absolute atomic E-state index is 0.640. The molecule has 1 aliphatic rings. The van der Waals surface area contributed by atoms with E-state index in [-0.39, 0.29) is 0 Å². The van der Waals surface area contributed by atoms with Crippen molar-refractivity contribution in [1.29, 1.82) is 0 Å². The van der Waals surface area contributed by atoms with Crippen LogP contribution in [0.3, 0.4) is 0 Å². The van der Waals surface area contributed by atoms with E-state index in [1.165, 1.54) is 12.8 Å². The molecule has 0 radical (unpaired) electrons. The number of nitrogens with one attached hydrogen (secondary N) is 2. The number of aromatic nitrogens is 1. The standard InChI is InChI=1S/C10H16N4O/c1-11-10(12-6-8-2-3-8)13-7-9-4-5-15-14-9/h4-5,8H,2-3,6-7H2,1H3,(H2,11,12,13). The van der Waals surface area contributed by atoms with Crippen molar-refractivity contribution < 1.29 is 4.52 Å². The molecule has 15 heavy (non-hydrogen) atoms. The van der Waals surface area contributed by atoms with Crippen LogP contribution in [-0.4, -0.2) is 24.7 Å². The van der Waals surface area contributed by atoms with Crippen LogP contribution in [0.4, 0.5) is 0 Å². The van der Waals surface area contributed by atoms with E-state index in [0.717, 1.165) is 24.1 Å². The summed E-state index contributed by atoms with van der Waals surface area (Å²) < 4.78 is 4.74. The van der Waals surface area contributed by atoms with Crippen molar-refractivity contribution >= 4 is 5.96 Å². The molecular weight excluding hydrogens is 192 g/mol. The highest BCUT2D eigenvalue weighted by atomic mass is 16.5. The number of guanidine groups is 1. The molecular formula is C10H16N4O. The first-order chi connectivity index (χ1) is 7.38. The van der Waals surface area contributed by atoms with Crippen molar-refractivity contribution in [1.82, 2.24) is 15.8 Å². The van der Waals surface area contributed by atoms with Gasteiger partial charge in [0.2, 0.25) is 0 Å². The molecule has 5 nitrogen and oxygen atoms in total. The normalized spacial score (nSPS) is 16.5. The molecule has 1 heterocycles. The van der Waals surface area contributed by atoms with Gasteiger partial charge >= 0.3 is 0 Å². The zero-order valence-corrected chi connectivity index (χ0v) is 8.86. The van der Waals surface area contributed by atoms with Gasteiger partial charge in [0.05, 0.1) is 6.54 Å². The fourth-order valence-electron chi connectivity index (χ4n) is 1.29. The Labute approximate surface area is 88.9 Å². The molecule has 2 rings (SSSR count). The minimum atomic E-state index is 0.640. The molecule has 0 amide bonds. The van der Waals surface area contributed by atoms with Gasteiger partial charge in [0.1, 0.15) is 12.0 Å². The zero-order chi connectivity index (χ0) is 10.5. The number of hydrogen-bond acceptors (Lipinski definition) is 3. The van der Waals surface area contributed by atoms with Gasteiger partial charge in [-0.15, -0.1) is 0 Å². The van der Waals surface area contributed by atoms with Gasteiger partial charge in [-0.3, -0.25) is 4.99 Å². The maximum Gasteiger partial charge on any atom is 0.191 e. The summed E-state index contributed by atoms with van der Waals surface area (Å²) in [5.74, 6) is 1.67. The van der Waals surface area contributed by atoms with Crippen molar-refractivity contribution in [2.45, 2.75) is 19.4 Å². The van der Waals surface area contributed by atoms with Crippen LogP contribution in [0.1, 0.15) is 18.5 Å². The molecule has 2 N–H and O–H groups in total. The minimum Gasteiger partial charge on any atom is -0.364 e. The number of rotatable bonds is 4. The highest BCUT2D eigenvalue weighted by Gasteiger charge is 2.20. The third kappa shape index (κ3) is 3.27. The van der Waals surface area contributed by atoms with Gasteiger partial charge in [-0.25, -0.2) is 0 Å². The summed E-state index contributed by atoms with van der Waals surface area (Å²) in [5, 5.41) is 10.3. The van der Waals surface area contributed by atoms with E-state index >= 15 is 0 Å². The molecule has 1 aromatic heterocycles. The van der Waals surface area contributed by atoms with Crippen LogP contribution in [0.15, 0.2) is 21.8 Å². The predicted octanol–water partition coefficient (Wildman–Crippen LogP) is 0.750. The van der Waals surface area contributed by atoms with E-state index in [1.807, 2.05) is 6.07 Å². The Morgan fingerprint density at radius 2 is 2.47 bits per heavy atom. The lowest BCUT2D eigenvalue weighted by molar-refractivity contribution is 0.410. The Bertz CT molecular complexity index is 316. The second-order valence-corrected chi connectivity index (χ2v) is 3.74. The second kappa shape index (κ2) is 4.82. The fraction of sp³-hybridized carbons (Fsp3) is 0.600. The summed E-state index contributed by atoms with van der Waals surface area (Å²) in [6, 6.07) is 1.83. The summed E-state index contributed by atoms with van der Waals surface area (Å²) in [4.78, 5) is 4.12. The Morgan fingerprint density at radius 1 is 1.60 bits per heavy atom. The number of nitrogens with zero attached hydrogens (tertiary/aromatic N) is 2. The van der Waals surface area contributed by atoms with Crippen LogP contribution >= 0.6 is 0 Å². The monoisotopic (exact) mass is 208 g/mol. The highest BCUT2D eigenvalue weighted by molar-refractivity contribution is 5.79. The number of hydrogen-bond donors (Lipinski definition) is 2. The predicted molar refractivity (Wildman–Crippen MR) is 57.4 cm³/mol. The van der Waals surface area contributed by atoms with Gasteiger partial charge in [-0.1, -0.05) is 5.16 Å². The Balaban J connectivity index is 1.70. The Hall–Kier alpha value is -1.52. The molecule has 1 aliphatic carbocycles. The molecule has 0 bridgehead atoms. The molecule has 0 unspecified atom stereocenters. The second-order valence-electron chi connectivity index (χ2n) is 3.74. The maximum atomic E-state index is 4.74. The van der Waals surface area contributed by atoms with Gasteiger partial charge in [-0.2, -0.15) is 0 Å². The molecule has 1 aromatic rings. The molecule has 0 saturated heterocycles. The van der Waals surface area contributed by atoms with Crippen LogP contribution in [0.2, 0.25) is 0 Å². The topological polar surface area (TPSA) is 62.5 Å². The van der Waals surface area contributed by atoms with Crippen LogP contribution < -0.4 is 10.6 Å². The molecule has 0 aromatic carbocycles. The first-order valence-electron chi connectivity index (χ1n) is 5.22. The first kappa shape index (κ1) is 10.0. The van der Waals surface area contributed by atoms with Crippen LogP contribution in [0.25, 0.3) is 0 Å². The van der Waals surface area contributed by atoms with Crippen molar-refractivity contribution in [2.75, 3.05) is 13.6 Å². The van der Waals surface area contributed by atoms with Crippen molar-refractivity contribution in [2.24, 2.45) is 10.9 Å². The van der Waals surface area contributed by atoms with Crippen molar-refractivity contribution in [3.05, 3.63) is 18.0 Å². The lowest BCUT2D eigenvalue weighted by Crippen LogP contribution is -2.37. The van der Waals surface area contributed by atoms with E-state index < -0.39 is 0 Å². The quantitative estimate of drug-likeness (QED) is 0.566. The smallest absolute Gasteiger partial charge is 0.191 e. The van der Waals surface area contributed by atoms with E-state index in [0.29, 0.717) is 6.54 Å². The average molecular weight is 208 g/mol. The molecule has 1 saturated carbocycles. The molecule has 5 heteroatoms. The summed E-state index contributed by atoms with van der Waals surface area (Å²) in [6.45, 7) is 1.65. The lowest BCUT2D eigenvalue weighted by atomic mass is 10.4.